The van der Waals surface area contributed by atoms with Gasteiger partial charge in [0.1, 0.15) is 5.69 Å². The summed E-state index contributed by atoms with van der Waals surface area (Å²) in [5.41, 5.74) is 5.38. The fraction of sp³-hybridized carbons (Fsp3) is 0. The highest BCUT2D eigenvalue weighted by Crippen LogP contribution is 2.18. The van der Waals surface area contributed by atoms with Crippen molar-refractivity contribution in [2.24, 2.45) is 5.73 Å². The van der Waals surface area contributed by atoms with Crippen molar-refractivity contribution >= 4 is 6.09 Å². The number of pyridine rings is 1. The first kappa shape index (κ1) is 9.20. The van der Waals surface area contributed by atoms with E-state index >= 15 is 0 Å². The van der Waals surface area contributed by atoms with Crippen molar-refractivity contribution in [1.29, 1.82) is 0 Å². The van der Waals surface area contributed by atoms with E-state index in [0.717, 1.165) is 0 Å². The number of primary amides is 1. The summed E-state index contributed by atoms with van der Waals surface area (Å²) < 4.78 is 9.65. The molecule has 2 heterocycles. The molecule has 0 radical (unpaired) electrons. The number of ether oxygens (including phenoxy) is 1. The standard InChI is InChI=1S/C9H7N3O3/c10-9(13)15-8-3-1-2-6(12-8)7-4-11-5-14-7/h1-5H,(H2,10,13). The maximum absolute atomic E-state index is 10.5. The lowest BCUT2D eigenvalue weighted by atomic mass is 10.3. The SMILES string of the molecule is NC(=O)Oc1cccc(-c2cnco2)n1. The molecule has 2 aromatic heterocycles. The van der Waals surface area contributed by atoms with E-state index in [9.17, 15) is 4.79 Å². The van der Waals surface area contributed by atoms with E-state index in [1.807, 2.05) is 0 Å². The third-order valence-corrected chi connectivity index (χ3v) is 1.61. The number of hydrogen-bond acceptors (Lipinski definition) is 5. The van der Waals surface area contributed by atoms with Gasteiger partial charge in [-0.3, -0.25) is 0 Å². The maximum Gasteiger partial charge on any atom is 0.411 e. The lowest BCUT2D eigenvalue weighted by molar-refractivity contribution is 0.209. The van der Waals surface area contributed by atoms with E-state index in [-0.39, 0.29) is 5.88 Å². The average molecular weight is 205 g/mol. The minimum Gasteiger partial charge on any atom is -0.442 e. The van der Waals surface area contributed by atoms with Gasteiger partial charge in [0.05, 0.1) is 6.20 Å². The minimum atomic E-state index is -0.905. The first-order valence-corrected chi connectivity index (χ1v) is 4.09. The molecule has 0 aliphatic carbocycles. The van der Waals surface area contributed by atoms with Crippen molar-refractivity contribution in [3.63, 3.8) is 0 Å². The van der Waals surface area contributed by atoms with Crippen molar-refractivity contribution in [3.05, 3.63) is 30.8 Å². The first-order chi connectivity index (χ1) is 7.25. The Morgan fingerprint density at radius 3 is 3.00 bits per heavy atom. The predicted molar refractivity (Wildman–Crippen MR) is 49.9 cm³/mol. The molecule has 0 aromatic carbocycles. The number of nitrogens with zero attached hydrogens (tertiary/aromatic N) is 2. The van der Waals surface area contributed by atoms with E-state index in [2.05, 4.69) is 14.7 Å². The highest BCUT2D eigenvalue weighted by Gasteiger charge is 2.06. The van der Waals surface area contributed by atoms with Gasteiger partial charge in [-0.2, -0.15) is 0 Å². The molecule has 2 N–H and O–H groups in total. The largest absolute Gasteiger partial charge is 0.442 e. The van der Waals surface area contributed by atoms with Gasteiger partial charge >= 0.3 is 6.09 Å². The van der Waals surface area contributed by atoms with E-state index in [0.29, 0.717) is 11.5 Å². The Labute approximate surface area is 84.7 Å². The normalized spacial score (nSPS) is 9.87. The predicted octanol–water partition coefficient (Wildman–Crippen LogP) is 1.19. The summed E-state index contributed by atoms with van der Waals surface area (Å²) in [5, 5.41) is 0. The van der Waals surface area contributed by atoms with E-state index in [4.69, 9.17) is 10.2 Å². The fourth-order valence-corrected chi connectivity index (χ4v) is 1.05. The number of nitrogens with two attached hydrogens (primary N) is 1. The van der Waals surface area contributed by atoms with Gasteiger partial charge in [-0.15, -0.1) is 0 Å². The number of rotatable bonds is 2. The smallest absolute Gasteiger partial charge is 0.411 e. The highest BCUT2D eigenvalue weighted by molar-refractivity contribution is 5.67. The molecule has 0 aliphatic rings. The number of hydrogen-bond donors (Lipinski definition) is 1. The van der Waals surface area contributed by atoms with E-state index in [1.54, 1.807) is 12.1 Å². The zero-order chi connectivity index (χ0) is 10.7. The van der Waals surface area contributed by atoms with Crippen LogP contribution < -0.4 is 10.5 Å². The molecule has 0 aliphatic heterocycles. The topological polar surface area (TPSA) is 91.2 Å². The second-order valence-electron chi connectivity index (χ2n) is 2.65. The lowest BCUT2D eigenvalue weighted by Gasteiger charge is -2.00. The van der Waals surface area contributed by atoms with Crippen molar-refractivity contribution < 1.29 is 13.9 Å². The van der Waals surface area contributed by atoms with Gasteiger partial charge in [-0.1, -0.05) is 6.07 Å². The van der Waals surface area contributed by atoms with E-state index < -0.39 is 6.09 Å². The van der Waals surface area contributed by atoms with Gasteiger partial charge in [0, 0.05) is 6.07 Å². The molecule has 0 unspecified atom stereocenters. The summed E-state index contributed by atoms with van der Waals surface area (Å²) >= 11 is 0. The molecule has 15 heavy (non-hydrogen) atoms. The van der Waals surface area contributed by atoms with Crippen LogP contribution in [0.4, 0.5) is 4.79 Å². The third kappa shape index (κ3) is 2.11. The summed E-state index contributed by atoms with van der Waals surface area (Å²) in [6.07, 6.45) is 1.90. The van der Waals surface area contributed by atoms with Crippen LogP contribution >= 0.6 is 0 Å². The van der Waals surface area contributed by atoms with Crippen molar-refractivity contribution in [2.45, 2.75) is 0 Å². The highest BCUT2D eigenvalue weighted by atomic mass is 16.6. The van der Waals surface area contributed by atoms with Gasteiger partial charge in [-0.05, 0) is 6.07 Å². The fourth-order valence-electron chi connectivity index (χ4n) is 1.05. The van der Waals surface area contributed by atoms with Crippen LogP contribution in [-0.4, -0.2) is 16.1 Å². The Morgan fingerprint density at radius 1 is 1.47 bits per heavy atom. The van der Waals surface area contributed by atoms with Crippen molar-refractivity contribution in [2.75, 3.05) is 0 Å². The molecule has 1 amide bonds. The summed E-state index contributed by atoms with van der Waals surface area (Å²) in [6, 6.07) is 4.89. The molecule has 6 nitrogen and oxygen atoms in total. The number of aromatic nitrogens is 2. The molecule has 0 saturated carbocycles. The number of amides is 1. The molecule has 2 rings (SSSR count). The molecule has 2 aromatic rings. The van der Waals surface area contributed by atoms with Crippen molar-refractivity contribution in [3.8, 4) is 17.3 Å². The Morgan fingerprint density at radius 2 is 2.33 bits per heavy atom. The van der Waals surface area contributed by atoms with Crippen LogP contribution in [0.3, 0.4) is 0 Å². The van der Waals surface area contributed by atoms with Gasteiger partial charge in [0.2, 0.25) is 5.88 Å². The van der Waals surface area contributed by atoms with Gasteiger partial charge in [0.15, 0.2) is 12.2 Å². The number of carbonyl (C=O) groups excluding carboxylic acids is 1. The maximum atomic E-state index is 10.5. The second kappa shape index (κ2) is 3.79. The van der Waals surface area contributed by atoms with Gasteiger partial charge in [-0.25, -0.2) is 14.8 Å². The second-order valence-corrected chi connectivity index (χ2v) is 2.65. The summed E-state index contributed by atoms with van der Waals surface area (Å²) in [6.45, 7) is 0. The van der Waals surface area contributed by atoms with E-state index in [1.165, 1.54) is 18.7 Å². The van der Waals surface area contributed by atoms with Crippen LogP contribution in [0.1, 0.15) is 0 Å². The third-order valence-electron chi connectivity index (χ3n) is 1.61. The molecule has 0 atom stereocenters. The van der Waals surface area contributed by atoms with Crippen LogP contribution in [0.25, 0.3) is 11.5 Å². The lowest BCUT2D eigenvalue weighted by Crippen LogP contribution is -2.16. The first-order valence-electron chi connectivity index (χ1n) is 4.09. The van der Waals surface area contributed by atoms with Gasteiger partial charge in [0.25, 0.3) is 0 Å². The Hall–Kier alpha value is -2.37. The molecular formula is C9H7N3O3. The molecular weight excluding hydrogens is 198 g/mol. The molecule has 0 bridgehead atoms. The summed E-state index contributed by atoms with van der Waals surface area (Å²) in [4.78, 5) is 18.2. The van der Waals surface area contributed by atoms with Crippen LogP contribution in [0.2, 0.25) is 0 Å². The van der Waals surface area contributed by atoms with Crippen LogP contribution in [-0.2, 0) is 0 Å². The van der Waals surface area contributed by atoms with Crippen molar-refractivity contribution in [1.82, 2.24) is 9.97 Å². The Balaban J connectivity index is 2.31. The molecule has 76 valence electrons. The van der Waals surface area contributed by atoms with Crippen LogP contribution in [0.5, 0.6) is 5.88 Å². The summed E-state index contributed by atoms with van der Waals surface area (Å²) in [5.74, 6) is 0.612. The molecule has 6 heteroatoms. The quantitative estimate of drug-likeness (QED) is 0.795. The average Bonchev–Trinajstić information content (AvgIpc) is 2.69. The Kier molecular flexibility index (Phi) is 2.32. The number of oxazole rings is 1. The molecule has 0 spiro atoms. The van der Waals surface area contributed by atoms with Crippen LogP contribution in [0.15, 0.2) is 35.2 Å². The minimum absolute atomic E-state index is 0.122. The summed E-state index contributed by atoms with van der Waals surface area (Å²) in [7, 11) is 0. The molecule has 0 saturated heterocycles. The zero-order valence-corrected chi connectivity index (χ0v) is 7.58. The number of carbonyl (C=O) groups is 1. The molecule has 0 fully saturated rings. The monoisotopic (exact) mass is 205 g/mol. The Bertz CT molecular complexity index is 467. The van der Waals surface area contributed by atoms with Gasteiger partial charge < -0.3 is 14.9 Å². The van der Waals surface area contributed by atoms with Crippen LogP contribution in [0, 0.1) is 0 Å². The zero-order valence-electron chi connectivity index (χ0n) is 7.58.